The summed E-state index contributed by atoms with van der Waals surface area (Å²) in [7, 11) is -4.18. The lowest BCUT2D eigenvalue weighted by Gasteiger charge is -2.00. The third-order valence-corrected chi connectivity index (χ3v) is 1.31. The largest absolute Gasteiger partial charge is 0.469 e. The Hall–Kier alpha value is -0.680. The lowest BCUT2D eigenvalue weighted by molar-refractivity contribution is -0.113. The molecule has 0 bridgehead atoms. The van der Waals surface area contributed by atoms with Crippen LogP contribution in [-0.4, -0.2) is 22.3 Å². The van der Waals surface area contributed by atoms with Crippen molar-refractivity contribution in [3.05, 3.63) is 12.2 Å². The van der Waals surface area contributed by atoms with E-state index in [0.717, 1.165) is 0 Å². The number of carbonyl (C=O) groups is 1. The fraction of sp³-hybridized carbons (Fsp3) is 0.571. The van der Waals surface area contributed by atoms with Crippen LogP contribution in [-0.2, 0) is 13.9 Å². The van der Waals surface area contributed by atoms with Crippen LogP contribution < -0.4 is 5.73 Å². The Labute approximate surface area is 83.0 Å². The molecule has 0 rings (SSSR count). The minimum atomic E-state index is -4.18. The molecular formula is C7H16NO5P. The summed E-state index contributed by atoms with van der Waals surface area (Å²) in [5.41, 5.74) is 4.68. The molecule has 84 valence electrons. The predicted octanol–water partition coefficient (Wildman–Crippen LogP) is 0.554. The number of amides is 1. The van der Waals surface area contributed by atoms with Crippen molar-refractivity contribution in [3.8, 4) is 0 Å². The molecule has 0 heterocycles. The quantitative estimate of drug-likeness (QED) is 0.478. The van der Waals surface area contributed by atoms with Gasteiger partial charge in [-0.1, -0.05) is 13.0 Å². The predicted molar refractivity (Wildman–Crippen MR) is 52.3 cm³/mol. The normalized spacial score (nSPS) is 10.9. The van der Waals surface area contributed by atoms with Gasteiger partial charge >= 0.3 is 7.82 Å². The molecule has 14 heavy (non-hydrogen) atoms. The Bertz CT molecular complexity index is 222. The third kappa shape index (κ3) is 22.5. The first-order valence-corrected chi connectivity index (χ1v) is 5.48. The molecule has 0 aliphatic carbocycles. The average Bonchev–Trinajstić information content (AvgIpc) is 2.00. The number of phosphoric ester groups is 1. The van der Waals surface area contributed by atoms with Crippen LogP contribution >= 0.6 is 7.82 Å². The van der Waals surface area contributed by atoms with Crippen LogP contribution in [0.15, 0.2) is 12.2 Å². The van der Waals surface area contributed by atoms with E-state index in [1.165, 1.54) is 6.08 Å². The molecule has 0 aromatic rings. The van der Waals surface area contributed by atoms with E-state index in [0.29, 0.717) is 6.42 Å². The van der Waals surface area contributed by atoms with Crippen LogP contribution in [0, 0.1) is 0 Å². The standard InChI is InChI=1S/C4H7NO.C3H9O4P/c1-2-3-4(5)6;1-2-3-7-8(4,5)6/h2-3H,1H3,(H2,5,6);2-3H2,1H3,(H2,4,5,6). The van der Waals surface area contributed by atoms with Crippen LogP contribution in [0.2, 0.25) is 0 Å². The van der Waals surface area contributed by atoms with Crippen molar-refractivity contribution >= 4 is 13.7 Å². The zero-order valence-electron chi connectivity index (χ0n) is 8.21. The lowest BCUT2D eigenvalue weighted by Crippen LogP contribution is -2.04. The lowest BCUT2D eigenvalue weighted by atomic mass is 10.5. The van der Waals surface area contributed by atoms with Gasteiger partial charge in [-0.15, -0.1) is 0 Å². The highest BCUT2D eigenvalue weighted by molar-refractivity contribution is 7.46. The van der Waals surface area contributed by atoms with Crippen molar-refractivity contribution < 1.29 is 23.7 Å². The van der Waals surface area contributed by atoms with Gasteiger partial charge in [0.2, 0.25) is 5.91 Å². The minimum absolute atomic E-state index is 0.115. The molecule has 0 aromatic carbocycles. The third-order valence-electron chi connectivity index (χ3n) is 0.795. The Morgan fingerprint density at radius 2 is 2.07 bits per heavy atom. The maximum Gasteiger partial charge on any atom is 0.469 e. The van der Waals surface area contributed by atoms with Crippen LogP contribution in [0.25, 0.3) is 0 Å². The van der Waals surface area contributed by atoms with Crippen LogP contribution in [0.3, 0.4) is 0 Å². The second kappa shape index (κ2) is 8.90. The smallest absolute Gasteiger partial charge is 0.366 e. The second-order valence-corrected chi connectivity index (χ2v) is 3.47. The molecule has 0 aliphatic rings. The molecule has 0 fully saturated rings. The molecule has 0 spiro atoms. The van der Waals surface area contributed by atoms with E-state index in [1.807, 2.05) is 0 Å². The Kier molecular flexibility index (Phi) is 10.0. The Morgan fingerprint density at radius 3 is 2.14 bits per heavy atom. The van der Waals surface area contributed by atoms with E-state index in [-0.39, 0.29) is 6.61 Å². The molecule has 0 aliphatic heterocycles. The van der Waals surface area contributed by atoms with Crippen molar-refractivity contribution in [2.24, 2.45) is 5.73 Å². The minimum Gasteiger partial charge on any atom is -0.366 e. The summed E-state index contributed by atoms with van der Waals surface area (Å²) in [5, 5.41) is 0. The fourth-order valence-corrected chi connectivity index (χ4v) is 0.795. The molecule has 0 radical (unpaired) electrons. The molecule has 0 saturated carbocycles. The number of hydrogen-bond donors (Lipinski definition) is 3. The summed E-state index contributed by atoms with van der Waals surface area (Å²) < 4.78 is 13.9. The number of rotatable bonds is 4. The first-order chi connectivity index (χ1) is 6.33. The monoisotopic (exact) mass is 225 g/mol. The van der Waals surface area contributed by atoms with Crippen LogP contribution in [0.1, 0.15) is 20.3 Å². The number of hydrogen-bond acceptors (Lipinski definition) is 3. The van der Waals surface area contributed by atoms with Gasteiger partial charge in [-0.3, -0.25) is 9.32 Å². The molecule has 0 saturated heterocycles. The average molecular weight is 225 g/mol. The van der Waals surface area contributed by atoms with Crippen LogP contribution in [0.5, 0.6) is 0 Å². The number of phosphoric acid groups is 1. The van der Waals surface area contributed by atoms with E-state index >= 15 is 0 Å². The van der Waals surface area contributed by atoms with Gasteiger partial charge in [-0.2, -0.15) is 0 Å². The molecule has 6 nitrogen and oxygen atoms in total. The van der Waals surface area contributed by atoms with Gasteiger partial charge in [0.1, 0.15) is 0 Å². The highest BCUT2D eigenvalue weighted by Crippen LogP contribution is 2.35. The Balaban J connectivity index is 0. The summed E-state index contributed by atoms with van der Waals surface area (Å²) >= 11 is 0. The van der Waals surface area contributed by atoms with E-state index in [9.17, 15) is 9.36 Å². The maximum atomic E-state index is 9.86. The van der Waals surface area contributed by atoms with Gasteiger partial charge < -0.3 is 15.5 Å². The van der Waals surface area contributed by atoms with Crippen molar-refractivity contribution in [1.82, 2.24) is 0 Å². The highest BCUT2D eigenvalue weighted by atomic mass is 31.2. The number of primary amides is 1. The molecule has 0 unspecified atom stereocenters. The summed E-state index contributed by atoms with van der Waals surface area (Å²) in [6.07, 6.45) is 3.52. The SMILES string of the molecule is CC=CC(N)=O.CCCOP(=O)(O)O. The Morgan fingerprint density at radius 1 is 1.57 bits per heavy atom. The van der Waals surface area contributed by atoms with E-state index < -0.39 is 13.7 Å². The first kappa shape index (κ1) is 15.8. The zero-order chi connectivity index (χ0) is 11.6. The molecule has 1 amide bonds. The maximum absolute atomic E-state index is 9.86. The topological polar surface area (TPSA) is 110 Å². The van der Waals surface area contributed by atoms with Gasteiger partial charge in [0.15, 0.2) is 0 Å². The molecule has 0 atom stereocenters. The molecule has 0 aromatic heterocycles. The van der Waals surface area contributed by atoms with Gasteiger partial charge in [0, 0.05) is 0 Å². The second-order valence-electron chi connectivity index (χ2n) is 2.23. The molecular weight excluding hydrogens is 209 g/mol. The van der Waals surface area contributed by atoms with Gasteiger partial charge in [0.25, 0.3) is 0 Å². The van der Waals surface area contributed by atoms with Gasteiger partial charge in [-0.05, 0) is 19.4 Å². The summed E-state index contributed by atoms with van der Waals surface area (Å²) in [4.78, 5) is 25.8. The number of allylic oxidation sites excluding steroid dienone is 1. The van der Waals surface area contributed by atoms with E-state index in [2.05, 4.69) is 10.3 Å². The van der Waals surface area contributed by atoms with Crippen LogP contribution in [0.4, 0.5) is 0 Å². The number of nitrogens with two attached hydrogens (primary N) is 1. The summed E-state index contributed by atoms with van der Waals surface area (Å²) in [6.45, 7) is 3.63. The zero-order valence-corrected chi connectivity index (χ0v) is 9.11. The fourth-order valence-electron chi connectivity index (χ4n) is 0.374. The van der Waals surface area contributed by atoms with Crippen molar-refractivity contribution in [2.75, 3.05) is 6.61 Å². The van der Waals surface area contributed by atoms with E-state index in [1.54, 1.807) is 19.9 Å². The van der Waals surface area contributed by atoms with E-state index in [4.69, 9.17) is 9.79 Å². The van der Waals surface area contributed by atoms with Crippen molar-refractivity contribution in [2.45, 2.75) is 20.3 Å². The molecule has 7 heteroatoms. The van der Waals surface area contributed by atoms with Crippen molar-refractivity contribution in [1.29, 1.82) is 0 Å². The first-order valence-electron chi connectivity index (χ1n) is 3.95. The van der Waals surface area contributed by atoms with Crippen molar-refractivity contribution in [3.63, 3.8) is 0 Å². The summed E-state index contributed by atoms with van der Waals surface area (Å²) in [6, 6.07) is 0. The highest BCUT2D eigenvalue weighted by Gasteiger charge is 2.11. The van der Waals surface area contributed by atoms with Gasteiger partial charge in [0.05, 0.1) is 6.61 Å². The summed E-state index contributed by atoms with van der Waals surface area (Å²) in [5.74, 6) is -0.391. The van der Waals surface area contributed by atoms with Gasteiger partial charge in [-0.25, -0.2) is 4.57 Å². The number of carbonyl (C=O) groups excluding carboxylic acids is 1. The molecule has 4 N–H and O–H groups in total.